The summed E-state index contributed by atoms with van der Waals surface area (Å²) in [4.78, 5) is 3.34. The Bertz CT molecular complexity index is 840. The van der Waals surface area contributed by atoms with Gasteiger partial charge in [-0.15, -0.1) is 11.3 Å². The van der Waals surface area contributed by atoms with Crippen LogP contribution in [0.15, 0.2) is 20.9 Å². The minimum Gasteiger partial charge on any atom is -0.361 e. The second-order valence-electron chi connectivity index (χ2n) is 6.89. The molecule has 0 saturated carbocycles. The van der Waals surface area contributed by atoms with Gasteiger partial charge in [-0.2, -0.15) is 4.31 Å². The molecule has 0 bridgehead atoms. The van der Waals surface area contributed by atoms with Crippen LogP contribution in [0.3, 0.4) is 0 Å². The number of likely N-dealkylation sites (tertiary alicyclic amines) is 1. The van der Waals surface area contributed by atoms with Gasteiger partial charge in [0.15, 0.2) is 0 Å². The molecule has 25 heavy (non-hydrogen) atoms. The Kier molecular flexibility index (Phi) is 4.47. The number of rotatable bonds is 4. The zero-order chi connectivity index (χ0) is 17.6. The SMILES string of the molecule is Cc1noc(C)c1-c1ccc(S(=O)(=O)N2CC(N3CCCCC3)C2)s1. The number of sulfonamides is 1. The minimum atomic E-state index is -3.40. The highest BCUT2D eigenvalue weighted by atomic mass is 32.2. The molecule has 2 aromatic heterocycles. The fraction of sp³-hybridized carbons (Fsp3) is 0.588. The van der Waals surface area contributed by atoms with Gasteiger partial charge in [0.1, 0.15) is 9.97 Å². The van der Waals surface area contributed by atoms with Crippen LogP contribution in [0.5, 0.6) is 0 Å². The van der Waals surface area contributed by atoms with Crippen LogP contribution in [0, 0.1) is 13.8 Å². The van der Waals surface area contributed by atoms with Crippen LogP contribution >= 0.6 is 11.3 Å². The third-order valence-electron chi connectivity index (χ3n) is 5.19. The van der Waals surface area contributed by atoms with E-state index in [1.807, 2.05) is 19.9 Å². The predicted molar refractivity (Wildman–Crippen MR) is 97.3 cm³/mol. The summed E-state index contributed by atoms with van der Waals surface area (Å²) in [6.07, 6.45) is 3.76. The number of nitrogens with zero attached hydrogens (tertiary/aromatic N) is 3. The molecule has 0 atom stereocenters. The van der Waals surface area contributed by atoms with E-state index < -0.39 is 10.0 Å². The number of hydrogen-bond donors (Lipinski definition) is 0. The van der Waals surface area contributed by atoms with Crippen molar-refractivity contribution in [2.24, 2.45) is 0 Å². The molecular weight excluding hydrogens is 358 g/mol. The maximum absolute atomic E-state index is 12.9. The fourth-order valence-electron chi connectivity index (χ4n) is 3.68. The standard InChI is InChI=1S/C17H23N3O3S2/c1-12-17(13(2)23-18-12)15-6-7-16(24-15)25(21,22)20-10-14(11-20)19-8-4-3-5-9-19/h6-7,14H,3-5,8-11H2,1-2H3. The van der Waals surface area contributed by atoms with Crippen LogP contribution in [-0.2, 0) is 10.0 Å². The first-order valence-electron chi connectivity index (χ1n) is 8.74. The lowest BCUT2D eigenvalue weighted by molar-refractivity contribution is 0.0718. The van der Waals surface area contributed by atoms with E-state index in [0.29, 0.717) is 23.3 Å². The van der Waals surface area contributed by atoms with E-state index in [1.54, 1.807) is 10.4 Å². The first-order chi connectivity index (χ1) is 12.0. The Labute approximate surface area is 152 Å². The number of hydrogen-bond acceptors (Lipinski definition) is 6. The Morgan fingerprint density at radius 3 is 2.52 bits per heavy atom. The van der Waals surface area contributed by atoms with Crippen LogP contribution in [-0.4, -0.2) is 55.0 Å². The lowest BCUT2D eigenvalue weighted by atomic mass is 10.1. The average Bonchev–Trinajstić information content (AvgIpc) is 3.14. The van der Waals surface area contributed by atoms with Crippen molar-refractivity contribution in [2.75, 3.05) is 26.2 Å². The van der Waals surface area contributed by atoms with E-state index in [1.165, 1.54) is 30.6 Å². The van der Waals surface area contributed by atoms with Gasteiger partial charge in [-0.25, -0.2) is 8.42 Å². The van der Waals surface area contributed by atoms with Gasteiger partial charge in [-0.05, 0) is 51.9 Å². The summed E-state index contributed by atoms with van der Waals surface area (Å²) in [6, 6.07) is 3.94. The van der Waals surface area contributed by atoms with E-state index in [-0.39, 0.29) is 0 Å². The molecule has 0 N–H and O–H groups in total. The van der Waals surface area contributed by atoms with Crippen LogP contribution in [0.1, 0.15) is 30.7 Å². The highest BCUT2D eigenvalue weighted by molar-refractivity contribution is 7.91. The van der Waals surface area contributed by atoms with E-state index in [9.17, 15) is 8.42 Å². The van der Waals surface area contributed by atoms with Crippen LogP contribution in [0.4, 0.5) is 0 Å². The number of piperidine rings is 1. The van der Waals surface area contributed by atoms with Gasteiger partial charge in [-0.1, -0.05) is 11.6 Å². The summed E-state index contributed by atoms with van der Waals surface area (Å²) >= 11 is 1.30. The summed E-state index contributed by atoms with van der Waals surface area (Å²) in [7, 11) is -3.40. The largest absolute Gasteiger partial charge is 0.361 e. The van der Waals surface area contributed by atoms with Crippen molar-refractivity contribution in [1.29, 1.82) is 0 Å². The predicted octanol–water partition coefficient (Wildman–Crippen LogP) is 2.88. The quantitative estimate of drug-likeness (QED) is 0.815. The molecule has 0 radical (unpaired) electrons. The van der Waals surface area contributed by atoms with Gasteiger partial charge in [0.05, 0.1) is 11.3 Å². The minimum absolute atomic E-state index is 0.386. The molecule has 136 valence electrons. The van der Waals surface area contributed by atoms with Crippen molar-refractivity contribution in [3.8, 4) is 10.4 Å². The molecule has 6 nitrogen and oxygen atoms in total. The molecule has 8 heteroatoms. The van der Waals surface area contributed by atoms with E-state index in [0.717, 1.165) is 35.0 Å². The van der Waals surface area contributed by atoms with Gasteiger partial charge in [-0.3, -0.25) is 4.90 Å². The Hall–Kier alpha value is -1.22. The molecule has 2 aliphatic heterocycles. The molecule has 4 rings (SSSR count). The van der Waals surface area contributed by atoms with Crippen LogP contribution in [0.25, 0.3) is 10.4 Å². The number of aryl methyl sites for hydroxylation is 2. The molecule has 0 amide bonds. The van der Waals surface area contributed by atoms with Gasteiger partial charge >= 0.3 is 0 Å². The topological polar surface area (TPSA) is 66.7 Å². The van der Waals surface area contributed by atoms with Crippen LogP contribution in [0.2, 0.25) is 0 Å². The molecule has 2 aliphatic rings. The van der Waals surface area contributed by atoms with Crippen molar-refractivity contribution < 1.29 is 12.9 Å². The molecule has 0 spiro atoms. The first-order valence-corrected chi connectivity index (χ1v) is 11.0. The monoisotopic (exact) mass is 381 g/mol. The van der Waals surface area contributed by atoms with E-state index in [2.05, 4.69) is 10.1 Å². The van der Waals surface area contributed by atoms with Crippen molar-refractivity contribution in [1.82, 2.24) is 14.4 Å². The molecule has 2 saturated heterocycles. The van der Waals surface area contributed by atoms with E-state index >= 15 is 0 Å². The summed E-state index contributed by atoms with van der Waals surface area (Å²) in [5.74, 6) is 0.720. The molecule has 4 heterocycles. The third kappa shape index (κ3) is 3.05. The Balaban J connectivity index is 1.49. The van der Waals surface area contributed by atoms with E-state index in [4.69, 9.17) is 4.52 Å². The lowest BCUT2D eigenvalue weighted by Crippen LogP contribution is -2.61. The molecule has 2 fully saturated rings. The molecule has 2 aromatic rings. The number of thiophene rings is 1. The fourth-order valence-corrected chi connectivity index (χ4v) is 6.80. The summed E-state index contributed by atoms with van der Waals surface area (Å²) in [5, 5.41) is 3.95. The molecule has 0 aromatic carbocycles. The second-order valence-corrected chi connectivity index (χ2v) is 10.1. The molecular formula is C17H23N3O3S2. The smallest absolute Gasteiger partial charge is 0.252 e. The van der Waals surface area contributed by atoms with Crippen molar-refractivity contribution in [2.45, 2.75) is 43.4 Å². The second kappa shape index (κ2) is 6.50. The lowest BCUT2D eigenvalue weighted by Gasteiger charge is -2.45. The highest BCUT2D eigenvalue weighted by Gasteiger charge is 2.40. The van der Waals surface area contributed by atoms with Gasteiger partial charge < -0.3 is 4.52 Å². The van der Waals surface area contributed by atoms with Gasteiger partial charge in [0, 0.05) is 24.0 Å². The summed E-state index contributed by atoms with van der Waals surface area (Å²) in [6.45, 7) is 7.16. The van der Waals surface area contributed by atoms with Crippen molar-refractivity contribution in [3.05, 3.63) is 23.6 Å². The average molecular weight is 382 g/mol. The van der Waals surface area contributed by atoms with Crippen molar-refractivity contribution >= 4 is 21.4 Å². The van der Waals surface area contributed by atoms with Gasteiger partial charge in [0.25, 0.3) is 10.0 Å². The van der Waals surface area contributed by atoms with Crippen molar-refractivity contribution in [3.63, 3.8) is 0 Å². The maximum Gasteiger partial charge on any atom is 0.252 e. The Morgan fingerprint density at radius 1 is 1.16 bits per heavy atom. The van der Waals surface area contributed by atoms with Gasteiger partial charge in [0.2, 0.25) is 0 Å². The number of aromatic nitrogens is 1. The zero-order valence-corrected chi connectivity index (χ0v) is 16.2. The summed E-state index contributed by atoms with van der Waals surface area (Å²) < 4.78 is 33.0. The van der Waals surface area contributed by atoms with Crippen LogP contribution < -0.4 is 0 Å². The first kappa shape index (κ1) is 17.2. The summed E-state index contributed by atoms with van der Waals surface area (Å²) in [5.41, 5.74) is 1.69. The zero-order valence-electron chi connectivity index (χ0n) is 14.6. The maximum atomic E-state index is 12.9. The third-order valence-corrected chi connectivity index (χ3v) is 8.59. The molecule has 0 aliphatic carbocycles. The highest BCUT2D eigenvalue weighted by Crippen LogP contribution is 2.37. The Morgan fingerprint density at radius 2 is 1.88 bits per heavy atom. The normalized spacial score (nSPS) is 20.7. The molecule has 0 unspecified atom stereocenters.